The van der Waals surface area contributed by atoms with Gasteiger partial charge in [-0.2, -0.15) is 5.10 Å². The van der Waals surface area contributed by atoms with E-state index in [1.54, 1.807) is 28.0 Å². The molecule has 1 aliphatic rings. The van der Waals surface area contributed by atoms with Crippen LogP contribution < -0.4 is 4.72 Å². The van der Waals surface area contributed by atoms with Crippen molar-refractivity contribution in [2.75, 3.05) is 6.61 Å². The Bertz CT molecular complexity index is 796. The smallest absolute Gasteiger partial charge is 0.259 e. The van der Waals surface area contributed by atoms with Crippen molar-refractivity contribution >= 4 is 10.0 Å². The number of ether oxygens (including phenoxy) is 1. The summed E-state index contributed by atoms with van der Waals surface area (Å²) in [6.07, 6.45) is 6.95. The molecule has 1 saturated heterocycles. The topological polar surface area (TPSA) is 91.0 Å². The van der Waals surface area contributed by atoms with Crippen LogP contribution in [0.1, 0.15) is 31.9 Å². The molecule has 3 heterocycles. The van der Waals surface area contributed by atoms with Gasteiger partial charge in [0.2, 0.25) is 0 Å². The first-order valence-electron chi connectivity index (χ1n) is 7.99. The number of aryl methyl sites for hydroxylation is 1. The third kappa shape index (κ3) is 3.68. The molecular weight excluding hydrogens is 330 g/mol. The van der Waals surface area contributed by atoms with E-state index in [1.807, 2.05) is 13.2 Å². The SMILES string of the molecule is CC(C)Cn1cnc(S(=O)(=O)N[C@H]2CCO[C@@H]2c2cnn(C)c2)c1. The fourth-order valence-electron chi connectivity index (χ4n) is 2.89. The number of aromatic nitrogens is 4. The number of sulfonamides is 1. The molecular formula is C15H23N5O3S. The highest BCUT2D eigenvalue weighted by Crippen LogP contribution is 2.29. The first-order valence-corrected chi connectivity index (χ1v) is 9.48. The minimum Gasteiger partial charge on any atom is -0.372 e. The Balaban J connectivity index is 1.74. The molecule has 0 amide bonds. The van der Waals surface area contributed by atoms with Crippen molar-refractivity contribution in [3.8, 4) is 0 Å². The van der Waals surface area contributed by atoms with Gasteiger partial charge < -0.3 is 9.30 Å². The Morgan fingerprint density at radius 2 is 2.21 bits per heavy atom. The summed E-state index contributed by atoms with van der Waals surface area (Å²) < 4.78 is 37.1. The lowest BCUT2D eigenvalue weighted by molar-refractivity contribution is 0.102. The Morgan fingerprint density at radius 3 is 2.88 bits per heavy atom. The second kappa shape index (κ2) is 6.66. The summed E-state index contributed by atoms with van der Waals surface area (Å²) in [5, 5.41) is 4.17. The van der Waals surface area contributed by atoms with Crippen LogP contribution in [-0.2, 0) is 28.4 Å². The molecule has 2 aromatic rings. The predicted molar refractivity (Wildman–Crippen MR) is 87.7 cm³/mol. The van der Waals surface area contributed by atoms with Crippen molar-refractivity contribution in [1.82, 2.24) is 24.1 Å². The first-order chi connectivity index (χ1) is 11.3. The highest BCUT2D eigenvalue weighted by molar-refractivity contribution is 7.89. The molecule has 0 unspecified atom stereocenters. The number of nitrogens with zero attached hydrogens (tertiary/aromatic N) is 4. The third-order valence-electron chi connectivity index (χ3n) is 3.91. The third-order valence-corrected chi connectivity index (χ3v) is 5.29. The van der Waals surface area contributed by atoms with Crippen LogP contribution in [0.2, 0.25) is 0 Å². The number of nitrogens with one attached hydrogen (secondary N) is 1. The molecule has 2 aromatic heterocycles. The molecule has 0 radical (unpaired) electrons. The van der Waals surface area contributed by atoms with Crippen LogP contribution in [0.15, 0.2) is 29.9 Å². The maximum absolute atomic E-state index is 12.6. The van der Waals surface area contributed by atoms with E-state index in [-0.39, 0.29) is 17.2 Å². The monoisotopic (exact) mass is 353 g/mol. The molecule has 0 aromatic carbocycles. The van der Waals surface area contributed by atoms with Crippen molar-refractivity contribution in [3.63, 3.8) is 0 Å². The number of hydrogen-bond donors (Lipinski definition) is 1. The maximum atomic E-state index is 12.6. The van der Waals surface area contributed by atoms with Crippen LogP contribution in [-0.4, -0.2) is 40.4 Å². The molecule has 1 N–H and O–H groups in total. The molecule has 9 heteroatoms. The molecule has 8 nitrogen and oxygen atoms in total. The molecule has 0 aliphatic carbocycles. The van der Waals surface area contributed by atoms with E-state index < -0.39 is 10.0 Å². The molecule has 1 aliphatic heterocycles. The summed E-state index contributed by atoms with van der Waals surface area (Å²) in [7, 11) is -1.86. The molecule has 1 fully saturated rings. The lowest BCUT2D eigenvalue weighted by atomic mass is 10.1. The van der Waals surface area contributed by atoms with E-state index in [2.05, 4.69) is 28.7 Å². The van der Waals surface area contributed by atoms with E-state index in [9.17, 15) is 8.42 Å². The fourth-order valence-corrected chi connectivity index (χ4v) is 4.11. The van der Waals surface area contributed by atoms with E-state index in [0.717, 1.165) is 12.1 Å². The van der Waals surface area contributed by atoms with Gasteiger partial charge in [-0.25, -0.2) is 18.1 Å². The van der Waals surface area contributed by atoms with Crippen LogP contribution in [0.3, 0.4) is 0 Å². The van der Waals surface area contributed by atoms with Crippen LogP contribution in [0.5, 0.6) is 0 Å². The highest BCUT2D eigenvalue weighted by atomic mass is 32.2. The van der Waals surface area contributed by atoms with Gasteiger partial charge in [0, 0.05) is 38.2 Å². The summed E-state index contributed by atoms with van der Waals surface area (Å²) in [5.74, 6) is 0.418. The van der Waals surface area contributed by atoms with Gasteiger partial charge in [0.05, 0.1) is 18.6 Å². The largest absolute Gasteiger partial charge is 0.372 e. The van der Waals surface area contributed by atoms with Crippen LogP contribution in [0.4, 0.5) is 0 Å². The Morgan fingerprint density at radius 1 is 1.42 bits per heavy atom. The maximum Gasteiger partial charge on any atom is 0.259 e. The van der Waals surface area contributed by atoms with Crippen LogP contribution in [0, 0.1) is 5.92 Å². The zero-order valence-corrected chi connectivity index (χ0v) is 14.9. The molecule has 24 heavy (non-hydrogen) atoms. The summed E-state index contributed by atoms with van der Waals surface area (Å²) in [4.78, 5) is 4.04. The summed E-state index contributed by atoms with van der Waals surface area (Å²) in [5.41, 5.74) is 0.869. The van der Waals surface area contributed by atoms with Gasteiger partial charge in [-0.15, -0.1) is 0 Å². The second-order valence-corrected chi connectivity index (χ2v) is 8.22. The quantitative estimate of drug-likeness (QED) is 0.839. The average Bonchev–Trinajstić information content (AvgIpc) is 3.19. The minimum atomic E-state index is -3.68. The summed E-state index contributed by atoms with van der Waals surface area (Å²) in [6.45, 7) is 5.38. The van der Waals surface area contributed by atoms with Gasteiger partial charge in [0.1, 0.15) is 6.10 Å². The van der Waals surface area contributed by atoms with Crippen molar-refractivity contribution < 1.29 is 13.2 Å². The highest BCUT2D eigenvalue weighted by Gasteiger charge is 2.34. The van der Waals surface area contributed by atoms with Gasteiger partial charge in [0.15, 0.2) is 5.03 Å². The van der Waals surface area contributed by atoms with Crippen molar-refractivity contribution in [1.29, 1.82) is 0 Å². The lowest BCUT2D eigenvalue weighted by Gasteiger charge is -2.18. The molecule has 3 rings (SSSR count). The predicted octanol–water partition coefficient (Wildman–Crippen LogP) is 1.08. The fraction of sp³-hybridized carbons (Fsp3) is 0.600. The number of hydrogen-bond acceptors (Lipinski definition) is 5. The van der Waals surface area contributed by atoms with Gasteiger partial charge >= 0.3 is 0 Å². The zero-order valence-electron chi connectivity index (χ0n) is 14.1. The lowest BCUT2D eigenvalue weighted by Crippen LogP contribution is -2.36. The average molecular weight is 353 g/mol. The Hall–Kier alpha value is -1.71. The number of imidazole rings is 1. The van der Waals surface area contributed by atoms with Crippen LogP contribution >= 0.6 is 0 Å². The number of rotatable bonds is 6. The van der Waals surface area contributed by atoms with Crippen molar-refractivity contribution in [2.24, 2.45) is 13.0 Å². The van der Waals surface area contributed by atoms with E-state index in [1.165, 1.54) is 0 Å². The molecule has 0 bridgehead atoms. The molecule has 0 saturated carbocycles. The Kier molecular flexibility index (Phi) is 4.75. The van der Waals surface area contributed by atoms with Crippen molar-refractivity contribution in [2.45, 2.75) is 44.0 Å². The zero-order chi connectivity index (χ0) is 17.3. The molecule has 2 atom stereocenters. The molecule has 0 spiro atoms. The van der Waals surface area contributed by atoms with Gasteiger partial charge in [0.25, 0.3) is 10.0 Å². The first kappa shape index (κ1) is 17.1. The van der Waals surface area contributed by atoms with Gasteiger partial charge in [-0.1, -0.05) is 13.8 Å². The second-order valence-electron chi connectivity index (χ2n) is 6.56. The van der Waals surface area contributed by atoms with E-state index in [4.69, 9.17) is 4.74 Å². The summed E-state index contributed by atoms with van der Waals surface area (Å²) >= 11 is 0. The Labute approximate surface area is 141 Å². The summed E-state index contributed by atoms with van der Waals surface area (Å²) in [6, 6.07) is -0.325. The van der Waals surface area contributed by atoms with Gasteiger partial charge in [-0.05, 0) is 12.3 Å². The van der Waals surface area contributed by atoms with E-state index in [0.29, 0.717) is 18.9 Å². The normalized spacial score (nSPS) is 21.7. The van der Waals surface area contributed by atoms with Crippen molar-refractivity contribution in [3.05, 3.63) is 30.5 Å². The van der Waals surface area contributed by atoms with Crippen LogP contribution in [0.25, 0.3) is 0 Å². The van der Waals surface area contributed by atoms with E-state index >= 15 is 0 Å². The standard InChI is InChI=1S/C15H23N5O3S/c1-11(2)7-20-9-14(16-10-20)24(21,22)18-13-4-5-23-15(13)12-6-17-19(3)8-12/h6,8-11,13,15,18H,4-5,7H2,1-3H3/t13-,15+/m0/s1. The minimum absolute atomic E-state index is 0.0417. The van der Waals surface area contributed by atoms with Gasteiger partial charge in [-0.3, -0.25) is 4.68 Å². The molecule has 132 valence electrons.